The molecule has 0 spiro atoms. The van der Waals surface area contributed by atoms with E-state index in [1.807, 2.05) is 0 Å². The van der Waals surface area contributed by atoms with Crippen LogP contribution in [-0.2, 0) is 14.4 Å². The van der Waals surface area contributed by atoms with E-state index < -0.39 is 36.2 Å². The highest BCUT2D eigenvalue weighted by Gasteiger charge is 2.43. The molecule has 0 aromatic heterocycles. The molecule has 29 heavy (non-hydrogen) atoms. The molecule has 0 saturated heterocycles. The third kappa shape index (κ3) is 14.0. The van der Waals surface area contributed by atoms with E-state index in [0.29, 0.717) is 6.42 Å². The number of ketones is 1. The third-order valence-corrected chi connectivity index (χ3v) is 5.18. The molecule has 0 fully saturated rings. The zero-order valence-corrected chi connectivity index (χ0v) is 18.0. The van der Waals surface area contributed by atoms with E-state index in [9.17, 15) is 19.5 Å². The van der Waals surface area contributed by atoms with Gasteiger partial charge in [0.15, 0.2) is 5.78 Å². The number of Topliss-reactive ketones (excluding diaryl/α,β-unsaturated/α-hetero) is 1. The Labute approximate surface area is 175 Å². The van der Waals surface area contributed by atoms with Gasteiger partial charge in [0.2, 0.25) is 5.60 Å². The van der Waals surface area contributed by atoms with Gasteiger partial charge in [-0.3, -0.25) is 9.59 Å². The standard InChI is InChI=1S/C23H40O6/c1-2-3-4-5-6-7-8-9-10-11-12-13-14-15-16-17-20(24)23(29,22(27)28)19-18-21(25)26/h9-10,29H,2-8,11-19H2,1H3,(H,25,26)(H,27,28)/b10-9-. The van der Waals surface area contributed by atoms with E-state index in [1.165, 1.54) is 38.5 Å². The quantitative estimate of drug-likeness (QED) is 0.143. The molecule has 0 heterocycles. The van der Waals surface area contributed by atoms with E-state index in [1.54, 1.807) is 0 Å². The Kier molecular flexibility index (Phi) is 16.2. The fraction of sp³-hybridized carbons (Fsp3) is 0.783. The summed E-state index contributed by atoms with van der Waals surface area (Å²) in [4.78, 5) is 33.8. The lowest BCUT2D eigenvalue weighted by molar-refractivity contribution is -0.166. The van der Waals surface area contributed by atoms with E-state index >= 15 is 0 Å². The number of aliphatic hydroxyl groups is 1. The van der Waals surface area contributed by atoms with Crippen LogP contribution in [0.2, 0.25) is 0 Å². The number of carboxylic acid groups (broad SMARTS) is 2. The summed E-state index contributed by atoms with van der Waals surface area (Å²) in [7, 11) is 0. The number of unbranched alkanes of at least 4 members (excludes halogenated alkanes) is 11. The minimum Gasteiger partial charge on any atom is -0.481 e. The maximum absolute atomic E-state index is 12.0. The maximum atomic E-state index is 12.0. The number of allylic oxidation sites excluding steroid dienone is 2. The van der Waals surface area contributed by atoms with Gasteiger partial charge in [0.25, 0.3) is 0 Å². The zero-order chi connectivity index (χ0) is 22.0. The molecular formula is C23H40O6. The van der Waals surface area contributed by atoms with Crippen molar-refractivity contribution in [2.45, 2.75) is 115 Å². The van der Waals surface area contributed by atoms with Gasteiger partial charge in [0.05, 0.1) is 0 Å². The second-order valence-corrected chi connectivity index (χ2v) is 7.82. The molecule has 0 amide bonds. The SMILES string of the molecule is CCCCCCCC/C=C\CCCCCCCC(=O)C(O)(CCC(=O)O)C(=O)O. The van der Waals surface area contributed by atoms with Crippen LogP contribution in [0.5, 0.6) is 0 Å². The van der Waals surface area contributed by atoms with Crippen molar-refractivity contribution < 1.29 is 29.7 Å². The van der Waals surface area contributed by atoms with Gasteiger partial charge in [-0.1, -0.05) is 70.4 Å². The molecule has 1 unspecified atom stereocenters. The van der Waals surface area contributed by atoms with E-state index in [0.717, 1.165) is 38.5 Å². The van der Waals surface area contributed by atoms with E-state index in [-0.39, 0.29) is 6.42 Å². The fourth-order valence-electron chi connectivity index (χ4n) is 3.22. The molecule has 1 atom stereocenters. The Morgan fingerprint density at radius 3 is 1.69 bits per heavy atom. The number of carboxylic acids is 2. The van der Waals surface area contributed by atoms with Crippen LogP contribution in [0.3, 0.4) is 0 Å². The highest BCUT2D eigenvalue weighted by Crippen LogP contribution is 2.19. The Bertz CT molecular complexity index is 500. The molecule has 3 N–H and O–H groups in total. The van der Waals surface area contributed by atoms with Crippen molar-refractivity contribution >= 4 is 17.7 Å². The zero-order valence-electron chi connectivity index (χ0n) is 18.0. The van der Waals surface area contributed by atoms with Crippen molar-refractivity contribution in [1.29, 1.82) is 0 Å². The van der Waals surface area contributed by atoms with Crippen molar-refractivity contribution in [2.24, 2.45) is 0 Å². The molecule has 0 aliphatic heterocycles. The molecule has 6 nitrogen and oxygen atoms in total. The lowest BCUT2D eigenvalue weighted by atomic mass is 9.89. The minimum atomic E-state index is -2.58. The lowest BCUT2D eigenvalue weighted by Crippen LogP contribution is -2.47. The van der Waals surface area contributed by atoms with Gasteiger partial charge in [0, 0.05) is 19.3 Å². The van der Waals surface area contributed by atoms with E-state index in [4.69, 9.17) is 10.2 Å². The summed E-state index contributed by atoms with van der Waals surface area (Å²) in [6, 6.07) is 0. The van der Waals surface area contributed by atoms with Crippen LogP contribution < -0.4 is 0 Å². The molecule has 0 radical (unpaired) electrons. The molecule has 0 aliphatic carbocycles. The first-order valence-corrected chi connectivity index (χ1v) is 11.2. The number of carbonyl (C=O) groups excluding carboxylic acids is 1. The second kappa shape index (κ2) is 17.2. The van der Waals surface area contributed by atoms with Crippen LogP contribution in [0.15, 0.2) is 12.2 Å². The summed E-state index contributed by atoms with van der Waals surface area (Å²) in [5, 5.41) is 27.7. The highest BCUT2D eigenvalue weighted by molar-refractivity contribution is 6.06. The normalized spacial score (nSPS) is 13.4. The summed E-state index contributed by atoms with van der Waals surface area (Å²) in [5.74, 6) is -3.71. The van der Waals surface area contributed by atoms with E-state index in [2.05, 4.69) is 19.1 Å². The Morgan fingerprint density at radius 2 is 1.21 bits per heavy atom. The molecule has 0 saturated carbocycles. The first kappa shape index (κ1) is 27.3. The van der Waals surface area contributed by atoms with Gasteiger partial charge < -0.3 is 15.3 Å². The van der Waals surface area contributed by atoms with Crippen LogP contribution >= 0.6 is 0 Å². The Morgan fingerprint density at radius 1 is 0.724 bits per heavy atom. The first-order valence-electron chi connectivity index (χ1n) is 11.2. The van der Waals surface area contributed by atoms with Crippen molar-refractivity contribution in [2.75, 3.05) is 0 Å². The topological polar surface area (TPSA) is 112 Å². The maximum Gasteiger partial charge on any atom is 0.343 e. The largest absolute Gasteiger partial charge is 0.481 e. The molecule has 6 heteroatoms. The molecule has 0 aromatic carbocycles. The van der Waals surface area contributed by atoms with Gasteiger partial charge in [-0.15, -0.1) is 0 Å². The van der Waals surface area contributed by atoms with Crippen molar-refractivity contribution in [3.05, 3.63) is 12.2 Å². The average molecular weight is 413 g/mol. The summed E-state index contributed by atoms with van der Waals surface area (Å²) in [6.07, 6.45) is 17.8. The Balaban J connectivity index is 3.72. The average Bonchev–Trinajstić information content (AvgIpc) is 2.68. The number of rotatable bonds is 20. The van der Waals surface area contributed by atoms with Crippen LogP contribution in [0, 0.1) is 0 Å². The Hall–Kier alpha value is -1.69. The number of hydrogen-bond donors (Lipinski definition) is 3. The van der Waals surface area contributed by atoms with Crippen LogP contribution in [-0.4, -0.2) is 38.6 Å². The summed E-state index contributed by atoms with van der Waals surface area (Å²) < 4.78 is 0. The lowest BCUT2D eigenvalue weighted by Gasteiger charge is -2.21. The molecule has 0 bridgehead atoms. The predicted molar refractivity (Wildman–Crippen MR) is 114 cm³/mol. The number of hydrogen-bond acceptors (Lipinski definition) is 4. The first-order chi connectivity index (χ1) is 13.8. The minimum absolute atomic E-state index is 0.0411. The highest BCUT2D eigenvalue weighted by atomic mass is 16.4. The van der Waals surface area contributed by atoms with Crippen LogP contribution in [0.25, 0.3) is 0 Å². The summed E-state index contributed by atoms with van der Waals surface area (Å²) in [5.41, 5.74) is -2.58. The second-order valence-electron chi connectivity index (χ2n) is 7.82. The smallest absolute Gasteiger partial charge is 0.343 e. The molecule has 0 aliphatic rings. The van der Waals surface area contributed by atoms with Crippen molar-refractivity contribution in [3.63, 3.8) is 0 Å². The molecule has 168 valence electrons. The number of carbonyl (C=O) groups is 3. The van der Waals surface area contributed by atoms with Crippen LogP contribution in [0.4, 0.5) is 0 Å². The molecular weight excluding hydrogens is 372 g/mol. The van der Waals surface area contributed by atoms with Crippen LogP contribution in [0.1, 0.15) is 110 Å². The van der Waals surface area contributed by atoms with Gasteiger partial charge in [-0.25, -0.2) is 4.79 Å². The van der Waals surface area contributed by atoms with Gasteiger partial charge in [0.1, 0.15) is 0 Å². The van der Waals surface area contributed by atoms with Crippen molar-refractivity contribution in [1.82, 2.24) is 0 Å². The van der Waals surface area contributed by atoms with Gasteiger partial charge >= 0.3 is 11.9 Å². The third-order valence-electron chi connectivity index (χ3n) is 5.18. The van der Waals surface area contributed by atoms with Gasteiger partial charge in [-0.2, -0.15) is 0 Å². The summed E-state index contributed by atoms with van der Waals surface area (Å²) >= 11 is 0. The number of aliphatic carboxylic acids is 2. The monoisotopic (exact) mass is 412 g/mol. The fourth-order valence-corrected chi connectivity index (χ4v) is 3.22. The van der Waals surface area contributed by atoms with Gasteiger partial charge in [-0.05, 0) is 32.1 Å². The summed E-state index contributed by atoms with van der Waals surface area (Å²) in [6.45, 7) is 2.23. The predicted octanol–water partition coefficient (Wildman–Crippen LogP) is 5.27. The molecule has 0 aromatic rings. The molecule has 0 rings (SSSR count). The van der Waals surface area contributed by atoms with Crippen molar-refractivity contribution in [3.8, 4) is 0 Å².